The van der Waals surface area contributed by atoms with Crippen molar-refractivity contribution in [2.45, 2.75) is 51.2 Å². The number of hydrogen-bond acceptors (Lipinski definition) is 1. The third-order valence-electron chi connectivity index (χ3n) is 3.76. The highest BCUT2D eigenvalue weighted by molar-refractivity contribution is 5.33. The van der Waals surface area contributed by atoms with Crippen LogP contribution in [0.3, 0.4) is 0 Å². The molecule has 0 spiro atoms. The molecule has 1 nitrogen and oxygen atoms in total. The molecule has 1 aromatic carbocycles. The van der Waals surface area contributed by atoms with Gasteiger partial charge < -0.3 is 5.73 Å². The Balaban J connectivity index is 2.31. The maximum Gasteiger partial charge on any atom is 0.137 e. The van der Waals surface area contributed by atoms with Crippen LogP contribution in [0.2, 0.25) is 0 Å². The minimum absolute atomic E-state index is 0.0142. The molecule has 0 amide bonds. The average molecular weight is 221 g/mol. The van der Waals surface area contributed by atoms with E-state index in [1.54, 1.807) is 0 Å². The smallest absolute Gasteiger partial charge is 0.137 e. The third-order valence-corrected chi connectivity index (χ3v) is 3.76. The molecule has 2 heteroatoms. The van der Waals surface area contributed by atoms with Crippen molar-refractivity contribution in [1.29, 1.82) is 0 Å². The Kier molecular flexibility index (Phi) is 3.02. The molecule has 1 fully saturated rings. The summed E-state index contributed by atoms with van der Waals surface area (Å²) in [5, 5.41) is 0. The maximum atomic E-state index is 14.8. The first-order valence-corrected chi connectivity index (χ1v) is 6.03. The van der Waals surface area contributed by atoms with Crippen LogP contribution in [-0.4, -0.2) is 6.04 Å². The van der Waals surface area contributed by atoms with Crippen LogP contribution in [0.15, 0.2) is 18.2 Å². The predicted octanol–water partition coefficient (Wildman–Crippen LogP) is 3.37. The highest BCUT2D eigenvalue weighted by Crippen LogP contribution is 2.40. The topological polar surface area (TPSA) is 26.0 Å². The fourth-order valence-electron chi connectivity index (χ4n) is 2.55. The summed E-state index contributed by atoms with van der Waals surface area (Å²) in [5.74, 6) is 0. The number of benzene rings is 1. The molecule has 0 saturated heterocycles. The van der Waals surface area contributed by atoms with Crippen LogP contribution < -0.4 is 5.73 Å². The van der Waals surface area contributed by atoms with E-state index in [9.17, 15) is 4.39 Å². The van der Waals surface area contributed by atoms with Crippen LogP contribution in [0.5, 0.6) is 0 Å². The standard InChI is InChI=1S/C14H20FN/c1-10-5-6-12(8-11(10)2)14(15)7-3-4-13(16)9-14/h5-6,8,13H,3-4,7,9,16H2,1-2H3. The van der Waals surface area contributed by atoms with Crippen molar-refractivity contribution in [2.75, 3.05) is 0 Å². The van der Waals surface area contributed by atoms with E-state index in [4.69, 9.17) is 5.73 Å². The van der Waals surface area contributed by atoms with Gasteiger partial charge in [0.05, 0.1) is 0 Å². The molecule has 0 bridgehead atoms. The molecular formula is C14H20FN. The van der Waals surface area contributed by atoms with E-state index in [0.29, 0.717) is 12.8 Å². The zero-order valence-electron chi connectivity index (χ0n) is 10.1. The zero-order valence-corrected chi connectivity index (χ0v) is 10.1. The highest BCUT2D eigenvalue weighted by atomic mass is 19.1. The molecule has 1 aliphatic rings. The van der Waals surface area contributed by atoms with Gasteiger partial charge in [-0.25, -0.2) is 4.39 Å². The SMILES string of the molecule is Cc1ccc(C2(F)CCCC(N)C2)cc1C. The minimum atomic E-state index is -1.20. The Labute approximate surface area is 96.9 Å². The fourth-order valence-corrected chi connectivity index (χ4v) is 2.55. The summed E-state index contributed by atoms with van der Waals surface area (Å²) < 4.78 is 14.8. The van der Waals surface area contributed by atoms with Crippen molar-refractivity contribution in [2.24, 2.45) is 5.73 Å². The molecule has 0 heterocycles. The Morgan fingerprint density at radius 2 is 2.06 bits per heavy atom. The first kappa shape index (κ1) is 11.6. The first-order chi connectivity index (χ1) is 7.51. The van der Waals surface area contributed by atoms with Gasteiger partial charge in [-0.2, -0.15) is 0 Å². The van der Waals surface area contributed by atoms with E-state index in [1.807, 2.05) is 25.1 Å². The summed E-state index contributed by atoms with van der Waals surface area (Å²) in [7, 11) is 0. The molecular weight excluding hydrogens is 201 g/mol. The molecule has 0 aromatic heterocycles. The summed E-state index contributed by atoms with van der Waals surface area (Å²) >= 11 is 0. The zero-order chi connectivity index (χ0) is 11.8. The van der Waals surface area contributed by atoms with Crippen LogP contribution in [0.25, 0.3) is 0 Å². The Hall–Kier alpha value is -0.890. The molecule has 2 atom stereocenters. The van der Waals surface area contributed by atoms with Gasteiger partial charge in [0.15, 0.2) is 0 Å². The predicted molar refractivity (Wildman–Crippen MR) is 65.1 cm³/mol. The van der Waals surface area contributed by atoms with Gasteiger partial charge >= 0.3 is 0 Å². The lowest BCUT2D eigenvalue weighted by Gasteiger charge is -2.33. The molecule has 1 aliphatic carbocycles. The fraction of sp³-hybridized carbons (Fsp3) is 0.571. The molecule has 2 unspecified atom stereocenters. The van der Waals surface area contributed by atoms with Crippen molar-refractivity contribution in [3.8, 4) is 0 Å². The molecule has 1 saturated carbocycles. The van der Waals surface area contributed by atoms with Gasteiger partial charge in [-0.15, -0.1) is 0 Å². The van der Waals surface area contributed by atoms with E-state index in [1.165, 1.54) is 5.56 Å². The van der Waals surface area contributed by atoms with Crippen LogP contribution in [-0.2, 0) is 5.67 Å². The van der Waals surface area contributed by atoms with E-state index >= 15 is 0 Å². The quantitative estimate of drug-likeness (QED) is 0.773. The lowest BCUT2D eigenvalue weighted by Crippen LogP contribution is -2.36. The van der Waals surface area contributed by atoms with Gasteiger partial charge in [-0.3, -0.25) is 0 Å². The third kappa shape index (κ3) is 2.12. The molecule has 2 rings (SSSR count). The van der Waals surface area contributed by atoms with E-state index in [2.05, 4.69) is 6.92 Å². The van der Waals surface area contributed by atoms with E-state index < -0.39 is 5.67 Å². The normalized spacial score (nSPS) is 30.4. The second-order valence-corrected chi connectivity index (χ2v) is 5.12. The number of aryl methyl sites for hydroxylation is 2. The van der Waals surface area contributed by atoms with E-state index in [0.717, 1.165) is 24.0 Å². The molecule has 16 heavy (non-hydrogen) atoms. The lowest BCUT2D eigenvalue weighted by molar-refractivity contribution is 0.0947. The summed E-state index contributed by atoms with van der Waals surface area (Å²) in [6.45, 7) is 4.08. The van der Waals surface area contributed by atoms with Gasteiger partial charge in [0, 0.05) is 12.5 Å². The van der Waals surface area contributed by atoms with Crippen molar-refractivity contribution in [1.82, 2.24) is 0 Å². The second-order valence-electron chi connectivity index (χ2n) is 5.12. The van der Waals surface area contributed by atoms with Crippen LogP contribution in [0.4, 0.5) is 4.39 Å². The molecule has 88 valence electrons. The summed E-state index contributed by atoms with van der Waals surface area (Å²) in [6, 6.07) is 5.92. The van der Waals surface area contributed by atoms with Gasteiger partial charge in [0.1, 0.15) is 5.67 Å². The Morgan fingerprint density at radius 3 is 2.69 bits per heavy atom. The van der Waals surface area contributed by atoms with E-state index in [-0.39, 0.29) is 6.04 Å². The first-order valence-electron chi connectivity index (χ1n) is 6.03. The Morgan fingerprint density at radius 1 is 1.31 bits per heavy atom. The number of hydrogen-bond donors (Lipinski definition) is 1. The van der Waals surface area contributed by atoms with Gasteiger partial charge in [0.2, 0.25) is 0 Å². The molecule has 0 radical (unpaired) electrons. The highest BCUT2D eigenvalue weighted by Gasteiger charge is 2.36. The van der Waals surface area contributed by atoms with Gasteiger partial charge in [0.25, 0.3) is 0 Å². The average Bonchev–Trinajstić information content (AvgIpc) is 2.21. The van der Waals surface area contributed by atoms with Crippen LogP contribution in [0.1, 0.15) is 42.4 Å². The number of nitrogens with two attached hydrogens (primary N) is 1. The molecule has 1 aromatic rings. The van der Waals surface area contributed by atoms with Crippen LogP contribution >= 0.6 is 0 Å². The Bertz CT molecular complexity index is 388. The van der Waals surface area contributed by atoms with Crippen LogP contribution in [0, 0.1) is 13.8 Å². The van der Waals surface area contributed by atoms with Crippen molar-refractivity contribution < 1.29 is 4.39 Å². The van der Waals surface area contributed by atoms with Crippen molar-refractivity contribution in [3.05, 3.63) is 34.9 Å². The number of rotatable bonds is 1. The van der Waals surface area contributed by atoms with Gasteiger partial charge in [-0.1, -0.05) is 18.2 Å². The molecule has 0 aliphatic heterocycles. The molecule has 2 N–H and O–H groups in total. The van der Waals surface area contributed by atoms with Crippen molar-refractivity contribution >= 4 is 0 Å². The van der Waals surface area contributed by atoms with Crippen molar-refractivity contribution in [3.63, 3.8) is 0 Å². The maximum absolute atomic E-state index is 14.8. The summed E-state index contributed by atoms with van der Waals surface area (Å²) in [4.78, 5) is 0. The lowest BCUT2D eigenvalue weighted by atomic mass is 9.78. The number of halogens is 1. The largest absolute Gasteiger partial charge is 0.328 e. The number of alkyl halides is 1. The summed E-state index contributed by atoms with van der Waals surface area (Å²) in [6.07, 6.45) is 2.93. The monoisotopic (exact) mass is 221 g/mol. The summed E-state index contributed by atoms with van der Waals surface area (Å²) in [5.41, 5.74) is 7.86. The minimum Gasteiger partial charge on any atom is -0.328 e. The van der Waals surface area contributed by atoms with Gasteiger partial charge in [-0.05, 0) is 49.8 Å². The second kappa shape index (κ2) is 4.17.